The van der Waals surface area contributed by atoms with Crippen LogP contribution in [0.15, 0.2) is 48.5 Å². The second-order valence-electron chi connectivity index (χ2n) is 7.91. The highest BCUT2D eigenvalue weighted by atomic mass is 35.5. The number of benzene rings is 2. The van der Waals surface area contributed by atoms with Gasteiger partial charge in [-0.25, -0.2) is 0 Å². The second kappa shape index (κ2) is 8.44. The van der Waals surface area contributed by atoms with Gasteiger partial charge in [-0.15, -0.1) is 0 Å². The molecule has 2 unspecified atom stereocenters. The third-order valence-electron chi connectivity index (χ3n) is 6.39. The molecule has 0 radical (unpaired) electrons. The first kappa shape index (κ1) is 19.8. The summed E-state index contributed by atoms with van der Waals surface area (Å²) in [6.07, 6.45) is 3.85. The monoisotopic (exact) mass is 417 g/mol. The van der Waals surface area contributed by atoms with Crippen LogP contribution in [0.1, 0.15) is 36.3 Å². The normalized spacial score (nSPS) is 27.0. The molecule has 0 spiro atoms. The van der Waals surface area contributed by atoms with Crippen molar-refractivity contribution in [3.63, 3.8) is 0 Å². The maximum atomic E-state index is 13.1. The molecule has 4 atom stereocenters. The van der Waals surface area contributed by atoms with Gasteiger partial charge in [0, 0.05) is 24.4 Å². The molecule has 0 saturated carbocycles. The lowest BCUT2D eigenvalue weighted by Crippen LogP contribution is -2.49. The quantitative estimate of drug-likeness (QED) is 0.614. The Morgan fingerprint density at radius 3 is 2.64 bits per heavy atom. The SMILES string of the molecule is CN1C2CCC1[C@@H](C(=O)OCCc1ccccc1)[C@@H](c1ccc(Cl)c(Cl)c1)C2. The molecule has 2 aromatic carbocycles. The lowest BCUT2D eigenvalue weighted by Gasteiger charge is -2.42. The molecule has 3 nitrogen and oxygen atoms in total. The number of esters is 1. The van der Waals surface area contributed by atoms with E-state index in [1.165, 1.54) is 5.56 Å². The van der Waals surface area contributed by atoms with E-state index in [1.54, 1.807) is 0 Å². The Balaban J connectivity index is 1.51. The predicted octanol–water partition coefficient (Wildman–Crippen LogP) is 5.35. The van der Waals surface area contributed by atoms with Crippen molar-refractivity contribution in [1.29, 1.82) is 0 Å². The van der Waals surface area contributed by atoms with Crippen molar-refractivity contribution in [2.24, 2.45) is 5.92 Å². The first-order chi connectivity index (χ1) is 13.5. The largest absolute Gasteiger partial charge is 0.465 e. The van der Waals surface area contributed by atoms with Gasteiger partial charge in [-0.05, 0) is 49.6 Å². The number of nitrogens with zero attached hydrogens (tertiary/aromatic N) is 1. The molecule has 2 fully saturated rings. The summed E-state index contributed by atoms with van der Waals surface area (Å²) in [5.74, 6) is -0.145. The number of carbonyl (C=O) groups excluding carboxylic acids is 1. The molecule has 4 rings (SSSR count). The third-order valence-corrected chi connectivity index (χ3v) is 7.13. The van der Waals surface area contributed by atoms with E-state index in [9.17, 15) is 4.79 Å². The smallest absolute Gasteiger partial charge is 0.311 e. The maximum absolute atomic E-state index is 13.1. The molecule has 2 aliphatic rings. The number of hydrogen-bond acceptors (Lipinski definition) is 3. The van der Waals surface area contributed by atoms with Crippen LogP contribution in [0.5, 0.6) is 0 Å². The summed E-state index contributed by atoms with van der Waals surface area (Å²) < 4.78 is 5.77. The van der Waals surface area contributed by atoms with Crippen LogP contribution in [0.25, 0.3) is 0 Å². The number of hydrogen-bond donors (Lipinski definition) is 0. The van der Waals surface area contributed by atoms with Crippen LogP contribution in [0.2, 0.25) is 10.0 Å². The molecule has 2 heterocycles. The summed E-state index contributed by atoms with van der Waals surface area (Å²) >= 11 is 12.4. The summed E-state index contributed by atoms with van der Waals surface area (Å²) in [6.45, 7) is 0.410. The fourth-order valence-corrected chi connectivity index (χ4v) is 5.19. The van der Waals surface area contributed by atoms with Crippen molar-refractivity contribution in [1.82, 2.24) is 4.90 Å². The van der Waals surface area contributed by atoms with Crippen LogP contribution in [-0.2, 0) is 16.0 Å². The van der Waals surface area contributed by atoms with Gasteiger partial charge in [0.15, 0.2) is 0 Å². The zero-order valence-corrected chi connectivity index (χ0v) is 17.5. The lowest BCUT2D eigenvalue weighted by molar-refractivity contribution is -0.153. The van der Waals surface area contributed by atoms with Gasteiger partial charge in [0.05, 0.1) is 22.6 Å². The molecule has 148 valence electrons. The number of ether oxygens (including phenoxy) is 1. The standard InChI is InChI=1S/C23H25Cl2NO2/c1-26-17-8-10-21(26)22(18(14-17)16-7-9-19(24)20(25)13-16)23(27)28-12-11-15-5-3-2-4-6-15/h2-7,9,13,17-18,21-22H,8,10-12,14H2,1H3/t17?,18-,21?,22+/m1/s1. The van der Waals surface area contributed by atoms with Gasteiger partial charge < -0.3 is 4.74 Å². The Hall–Kier alpha value is -1.55. The van der Waals surface area contributed by atoms with Gasteiger partial charge >= 0.3 is 5.97 Å². The van der Waals surface area contributed by atoms with Crippen molar-refractivity contribution >= 4 is 29.2 Å². The van der Waals surface area contributed by atoms with E-state index in [-0.39, 0.29) is 23.8 Å². The lowest BCUT2D eigenvalue weighted by atomic mass is 9.76. The molecular weight excluding hydrogens is 393 g/mol. The van der Waals surface area contributed by atoms with Gasteiger partial charge in [0.25, 0.3) is 0 Å². The molecule has 0 amide bonds. The number of piperidine rings is 1. The topological polar surface area (TPSA) is 29.5 Å². The van der Waals surface area contributed by atoms with Gasteiger partial charge in [-0.3, -0.25) is 9.69 Å². The minimum Gasteiger partial charge on any atom is -0.465 e. The van der Waals surface area contributed by atoms with E-state index >= 15 is 0 Å². The average Bonchev–Trinajstić information content (AvgIpc) is 2.93. The van der Waals surface area contributed by atoms with Crippen molar-refractivity contribution < 1.29 is 9.53 Å². The van der Waals surface area contributed by atoms with E-state index in [2.05, 4.69) is 24.1 Å². The number of halogens is 2. The fraction of sp³-hybridized carbons (Fsp3) is 0.435. The Kier molecular flexibility index (Phi) is 5.96. The Bertz CT molecular complexity index is 842. The van der Waals surface area contributed by atoms with Gasteiger partial charge in [-0.1, -0.05) is 59.6 Å². The molecule has 5 heteroatoms. The molecule has 0 aromatic heterocycles. The summed E-state index contributed by atoms with van der Waals surface area (Å²) in [4.78, 5) is 15.5. The van der Waals surface area contributed by atoms with E-state index in [1.807, 2.05) is 36.4 Å². The Labute approximate surface area is 176 Å². The van der Waals surface area contributed by atoms with Crippen molar-refractivity contribution in [2.45, 2.75) is 43.7 Å². The minimum atomic E-state index is -0.170. The zero-order chi connectivity index (χ0) is 19.7. The van der Waals surface area contributed by atoms with Gasteiger partial charge in [-0.2, -0.15) is 0 Å². The van der Waals surface area contributed by atoms with Gasteiger partial charge in [0.2, 0.25) is 0 Å². The van der Waals surface area contributed by atoms with Crippen LogP contribution >= 0.6 is 23.2 Å². The first-order valence-corrected chi connectivity index (χ1v) is 10.7. The van der Waals surface area contributed by atoms with Crippen LogP contribution < -0.4 is 0 Å². The molecule has 2 aliphatic heterocycles. The Morgan fingerprint density at radius 2 is 1.89 bits per heavy atom. The zero-order valence-electron chi connectivity index (χ0n) is 16.0. The first-order valence-electron chi connectivity index (χ1n) is 9.92. The molecule has 2 aromatic rings. The summed E-state index contributed by atoms with van der Waals surface area (Å²) in [6, 6.07) is 16.6. The van der Waals surface area contributed by atoms with Crippen molar-refractivity contribution in [2.75, 3.05) is 13.7 Å². The third kappa shape index (κ3) is 3.94. The van der Waals surface area contributed by atoms with E-state index in [0.29, 0.717) is 22.7 Å². The van der Waals surface area contributed by atoms with E-state index in [0.717, 1.165) is 31.2 Å². The van der Waals surface area contributed by atoms with Crippen LogP contribution in [0, 0.1) is 5.92 Å². The van der Waals surface area contributed by atoms with Crippen molar-refractivity contribution in [3.05, 3.63) is 69.7 Å². The molecule has 28 heavy (non-hydrogen) atoms. The summed E-state index contributed by atoms with van der Waals surface area (Å²) in [5.41, 5.74) is 2.27. The number of carbonyl (C=O) groups is 1. The van der Waals surface area contributed by atoms with Crippen LogP contribution in [-0.4, -0.2) is 36.6 Å². The highest BCUT2D eigenvalue weighted by molar-refractivity contribution is 6.42. The van der Waals surface area contributed by atoms with E-state index < -0.39 is 0 Å². The highest BCUT2D eigenvalue weighted by Crippen LogP contribution is 2.47. The average molecular weight is 418 g/mol. The molecule has 0 aliphatic carbocycles. The minimum absolute atomic E-state index is 0.0933. The molecular formula is C23H25Cl2NO2. The maximum Gasteiger partial charge on any atom is 0.311 e. The van der Waals surface area contributed by atoms with E-state index in [4.69, 9.17) is 27.9 Å². The number of rotatable bonds is 5. The highest BCUT2D eigenvalue weighted by Gasteiger charge is 2.49. The summed E-state index contributed by atoms with van der Waals surface area (Å²) in [5, 5.41) is 1.09. The number of fused-ring (bicyclic) bond motifs is 2. The van der Waals surface area contributed by atoms with Crippen LogP contribution in [0.4, 0.5) is 0 Å². The van der Waals surface area contributed by atoms with Crippen LogP contribution in [0.3, 0.4) is 0 Å². The van der Waals surface area contributed by atoms with Crippen molar-refractivity contribution in [3.8, 4) is 0 Å². The molecule has 2 bridgehead atoms. The molecule has 0 N–H and O–H groups in total. The predicted molar refractivity (Wildman–Crippen MR) is 113 cm³/mol. The van der Waals surface area contributed by atoms with Gasteiger partial charge in [0.1, 0.15) is 0 Å². The summed E-state index contributed by atoms with van der Waals surface area (Å²) in [7, 11) is 2.14. The molecule has 2 saturated heterocycles. The Morgan fingerprint density at radius 1 is 1.11 bits per heavy atom. The second-order valence-corrected chi connectivity index (χ2v) is 8.72. The fourth-order valence-electron chi connectivity index (χ4n) is 4.88.